The van der Waals surface area contributed by atoms with E-state index in [0.717, 1.165) is 29.6 Å². The molecule has 3 rings (SSSR count). The fourth-order valence-corrected chi connectivity index (χ4v) is 3.25. The van der Waals surface area contributed by atoms with Crippen LogP contribution in [0, 0.1) is 0 Å². The van der Waals surface area contributed by atoms with Gasteiger partial charge in [-0.2, -0.15) is 13.2 Å². The Bertz CT molecular complexity index is 771. The molecule has 0 atom stereocenters. The van der Waals surface area contributed by atoms with Crippen LogP contribution in [0.1, 0.15) is 41.6 Å². The Kier molecular flexibility index (Phi) is 6.04. The standard InChI is InChI=1S/C19H18BrF3N2O2/c20-14-4-1-12(2-5-14)18(26)25-15-6-8-16(9-7-15)27-17-10-3-13(11-24-17)19(21,22)23/h1-5,10-11,15-16H,6-9H2,(H,25,26). The summed E-state index contributed by atoms with van der Waals surface area (Å²) in [5.74, 6) is 0.0709. The van der Waals surface area contributed by atoms with E-state index in [2.05, 4.69) is 26.2 Å². The normalized spacial score (nSPS) is 20.1. The van der Waals surface area contributed by atoms with Gasteiger partial charge in [0, 0.05) is 28.3 Å². The minimum Gasteiger partial charge on any atom is -0.474 e. The average molecular weight is 443 g/mol. The Morgan fingerprint density at radius 3 is 2.30 bits per heavy atom. The van der Waals surface area contributed by atoms with Crippen LogP contribution in [-0.2, 0) is 6.18 Å². The molecule has 2 aromatic rings. The summed E-state index contributed by atoms with van der Waals surface area (Å²) in [6.07, 6.45) is -0.853. The molecular formula is C19H18BrF3N2O2. The molecule has 1 amide bonds. The fraction of sp³-hybridized carbons (Fsp3) is 0.368. The van der Waals surface area contributed by atoms with Gasteiger partial charge in [-0.15, -0.1) is 0 Å². The lowest BCUT2D eigenvalue weighted by molar-refractivity contribution is -0.137. The van der Waals surface area contributed by atoms with E-state index in [0.29, 0.717) is 18.4 Å². The number of aromatic nitrogens is 1. The molecule has 0 radical (unpaired) electrons. The summed E-state index contributed by atoms with van der Waals surface area (Å²) in [4.78, 5) is 16.0. The van der Waals surface area contributed by atoms with E-state index >= 15 is 0 Å². The Morgan fingerprint density at radius 2 is 1.74 bits per heavy atom. The van der Waals surface area contributed by atoms with Gasteiger partial charge >= 0.3 is 6.18 Å². The lowest BCUT2D eigenvalue weighted by atomic mass is 9.92. The van der Waals surface area contributed by atoms with E-state index in [9.17, 15) is 18.0 Å². The van der Waals surface area contributed by atoms with Crippen LogP contribution in [0.15, 0.2) is 47.1 Å². The van der Waals surface area contributed by atoms with Crippen molar-refractivity contribution in [2.24, 2.45) is 0 Å². The van der Waals surface area contributed by atoms with Gasteiger partial charge in [-0.25, -0.2) is 4.98 Å². The van der Waals surface area contributed by atoms with Gasteiger partial charge in [0.15, 0.2) is 0 Å². The summed E-state index contributed by atoms with van der Waals surface area (Å²) in [5.41, 5.74) is -0.195. The molecule has 1 N–H and O–H groups in total. The highest BCUT2D eigenvalue weighted by Crippen LogP contribution is 2.30. The van der Waals surface area contributed by atoms with E-state index in [-0.39, 0.29) is 23.9 Å². The number of nitrogens with zero attached hydrogens (tertiary/aromatic N) is 1. The smallest absolute Gasteiger partial charge is 0.417 e. The number of amides is 1. The molecule has 1 saturated carbocycles. The van der Waals surface area contributed by atoms with Crippen molar-refractivity contribution in [2.75, 3.05) is 0 Å². The molecule has 1 aliphatic carbocycles. The number of alkyl halides is 3. The first kappa shape index (κ1) is 19.7. The van der Waals surface area contributed by atoms with E-state index in [1.165, 1.54) is 6.07 Å². The molecule has 144 valence electrons. The third-order valence-electron chi connectivity index (χ3n) is 4.47. The van der Waals surface area contributed by atoms with E-state index in [4.69, 9.17) is 4.74 Å². The maximum absolute atomic E-state index is 12.6. The topological polar surface area (TPSA) is 51.2 Å². The van der Waals surface area contributed by atoms with Crippen LogP contribution < -0.4 is 10.1 Å². The van der Waals surface area contributed by atoms with E-state index < -0.39 is 11.7 Å². The first-order valence-corrected chi connectivity index (χ1v) is 9.37. The van der Waals surface area contributed by atoms with E-state index in [1.807, 2.05) is 12.1 Å². The van der Waals surface area contributed by atoms with Crippen molar-refractivity contribution < 1.29 is 22.7 Å². The van der Waals surface area contributed by atoms with Crippen molar-refractivity contribution in [2.45, 2.75) is 44.0 Å². The number of ether oxygens (including phenoxy) is 1. The second-order valence-electron chi connectivity index (χ2n) is 6.45. The first-order chi connectivity index (χ1) is 12.8. The largest absolute Gasteiger partial charge is 0.474 e. The number of carbonyl (C=O) groups is 1. The van der Waals surface area contributed by atoms with Crippen molar-refractivity contribution in [1.82, 2.24) is 10.3 Å². The van der Waals surface area contributed by atoms with Crippen LogP contribution in [0.5, 0.6) is 5.88 Å². The Hall–Kier alpha value is -2.09. The fourth-order valence-electron chi connectivity index (χ4n) is 2.98. The molecule has 1 aromatic carbocycles. The van der Waals surface area contributed by atoms with Crippen molar-refractivity contribution in [3.63, 3.8) is 0 Å². The van der Waals surface area contributed by atoms with Crippen molar-refractivity contribution in [3.8, 4) is 5.88 Å². The van der Waals surface area contributed by atoms with Crippen molar-refractivity contribution in [3.05, 3.63) is 58.2 Å². The molecule has 1 aromatic heterocycles. The van der Waals surface area contributed by atoms with Crippen LogP contribution in [0.3, 0.4) is 0 Å². The number of nitrogens with one attached hydrogen (secondary N) is 1. The summed E-state index contributed by atoms with van der Waals surface area (Å²) < 4.78 is 44.2. The maximum atomic E-state index is 12.6. The van der Waals surface area contributed by atoms with Gasteiger partial charge in [0.05, 0.1) is 5.56 Å². The number of hydrogen-bond donors (Lipinski definition) is 1. The second-order valence-corrected chi connectivity index (χ2v) is 7.37. The van der Waals surface area contributed by atoms with Crippen LogP contribution in [0.2, 0.25) is 0 Å². The summed E-state index contributed by atoms with van der Waals surface area (Å²) in [6, 6.07) is 9.40. The average Bonchev–Trinajstić information content (AvgIpc) is 2.63. The molecule has 4 nitrogen and oxygen atoms in total. The summed E-state index contributed by atoms with van der Waals surface area (Å²) in [6.45, 7) is 0. The van der Waals surface area contributed by atoms with Gasteiger partial charge in [-0.1, -0.05) is 15.9 Å². The zero-order chi connectivity index (χ0) is 19.4. The van der Waals surface area contributed by atoms with Gasteiger partial charge in [-0.3, -0.25) is 4.79 Å². The van der Waals surface area contributed by atoms with Crippen LogP contribution in [0.4, 0.5) is 13.2 Å². The highest BCUT2D eigenvalue weighted by molar-refractivity contribution is 9.10. The molecule has 0 bridgehead atoms. The van der Waals surface area contributed by atoms with Gasteiger partial charge in [0.25, 0.3) is 5.91 Å². The monoisotopic (exact) mass is 442 g/mol. The summed E-state index contributed by atoms with van der Waals surface area (Å²) in [5, 5.41) is 3.01. The molecule has 1 fully saturated rings. The highest BCUT2D eigenvalue weighted by atomic mass is 79.9. The Balaban J connectivity index is 1.47. The summed E-state index contributed by atoms with van der Waals surface area (Å²) >= 11 is 3.33. The minimum atomic E-state index is -4.41. The SMILES string of the molecule is O=C(NC1CCC(Oc2ccc(C(F)(F)F)cn2)CC1)c1ccc(Br)cc1. The predicted molar refractivity (Wildman–Crippen MR) is 97.5 cm³/mol. The van der Waals surface area contributed by atoms with Crippen LogP contribution in [0.25, 0.3) is 0 Å². The number of carbonyl (C=O) groups excluding carboxylic acids is 1. The van der Waals surface area contributed by atoms with Crippen LogP contribution in [-0.4, -0.2) is 23.0 Å². The molecule has 0 unspecified atom stereocenters. The number of benzene rings is 1. The van der Waals surface area contributed by atoms with Gasteiger partial charge < -0.3 is 10.1 Å². The highest BCUT2D eigenvalue weighted by Gasteiger charge is 2.31. The number of pyridine rings is 1. The zero-order valence-electron chi connectivity index (χ0n) is 14.3. The summed E-state index contributed by atoms with van der Waals surface area (Å²) in [7, 11) is 0. The zero-order valence-corrected chi connectivity index (χ0v) is 15.9. The molecule has 1 heterocycles. The lowest BCUT2D eigenvalue weighted by Crippen LogP contribution is -2.39. The molecule has 1 aliphatic rings. The predicted octanol–water partition coefficient (Wildman–Crippen LogP) is 4.98. The molecule has 8 heteroatoms. The third-order valence-corrected chi connectivity index (χ3v) is 5.00. The number of halogens is 4. The quantitative estimate of drug-likeness (QED) is 0.725. The third kappa shape index (κ3) is 5.45. The van der Waals surface area contributed by atoms with Crippen molar-refractivity contribution >= 4 is 21.8 Å². The molecule has 0 saturated heterocycles. The molecule has 0 spiro atoms. The first-order valence-electron chi connectivity index (χ1n) is 8.57. The lowest BCUT2D eigenvalue weighted by Gasteiger charge is -2.29. The molecular weight excluding hydrogens is 425 g/mol. The maximum Gasteiger partial charge on any atom is 0.417 e. The molecule has 27 heavy (non-hydrogen) atoms. The molecule has 0 aliphatic heterocycles. The van der Waals surface area contributed by atoms with E-state index in [1.54, 1.807) is 12.1 Å². The van der Waals surface area contributed by atoms with Crippen molar-refractivity contribution in [1.29, 1.82) is 0 Å². The Labute approximate surface area is 163 Å². The minimum absolute atomic E-state index is 0.0570. The van der Waals surface area contributed by atoms with Gasteiger partial charge in [0.2, 0.25) is 5.88 Å². The van der Waals surface area contributed by atoms with Gasteiger partial charge in [0.1, 0.15) is 6.10 Å². The second kappa shape index (κ2) is 8.29. The Morgan fingerprint density at radius 1 is 1.07 bits per heavy atom. The number of hydrogen-bond acceptors (Lipinski definition) is 3. The van der Waals surface area contributed by atoms with Gasteiger partial charge in [-0.05, 0) is 56.0 Å². The van der Waals surface area contributed by atoms with Crippen LogP contribution >= 0.6 is 15.9 Å². The number of rotatable bonds is 4.